The van der Waals surface area contributed by atoms with E-state index in [1.165, 1.54) is 32.1 Å². The van der Waals surface area contributed by atoms with Gasteiger partial charge in [0.15, 0.2) is 0 Å². The predicted octanol–water partition coefficient (Wildman–Crippen LogP) is 3.28. The molecule has 1 aliphatic carbocycles. The molecular weight excluding hydrogens is 198 g/mol. The van der Waals surface area contributed by atoms with Crippen molar-refractivity contribution in [1.82, 2.24) is 5.32 Å². The van der Waals surface area contributed by atoms with Crippen molar-refractivity contribution in [3.8, 4) is 0 Å². The zero-order chi connectivity index (χ0) is 11.9. The van der Waals surface area contributed by atoms with Crippen LogP contribution in [0.1, 0.15) is 51.9 Å². The van der Waals surface area contributed by atoms with E-state index in [2.05, 4.69) is 18.8 Å². The standard InChI is InChI=1S/C14H27NO/c1-4-6-8-13(15-11-5-2)12-14(16-3)9-7-10-14/h4,13,15H,1,5-12H2,2-3H3. The van der Waals surface area contributed by atoms with Crippen molar-refractivity contribution in [3.05, 3.63) is 12.7 Å². The third kappa shape index (κ3) is 3.91. The van der Waals surface area contributed by atoms with Gasteiger partial charge in [-0.3, -0.25) is 0 Å². The van der Waals surface area contributed by atoms with Gasteiger partial charge in [0.05, 0.1) is 5.60 Å². The summed E-state index contributed by atoms with van der Waals surface area (Å²) in [7, 11) is 1.86. The van der Waals surface area contributed by atoms with Gasteiger partial charge in [0, 0.05) is 13.2 Å². The first-order chi connectivity index (χ1) is 7.76. The van der Waals surface area contributed by atoms with Crippen LogP contribution in [-0.2, 0) is 4.74 Å². The average Bonchev–Trinajstić information content (AvgIpc) is 2.26. The fourth-order valence-electron chi connectivity index (χ4n) is 2.46. The van der Waals surface area contributed by atoms with E-state index in [1.807, 2.05) is 13.2 Å². The smallest absolute Gasteiger partial charge is 0.0693 e. The van der Waals surface area contributed by atoms with Crippen molar-refractivity contribution in [2.75, 3.05) is 13.7 Å². The molecule has 0 radical (unpaired) electrons. The highest BCUT2D eigenvalue weighted by molar-refractivity contribution is 4.93. The molecule has 0 aromatic heterocycles. The second-order valence-corrected chi connectivity index (χ2v) is 4.96. The van der Waals surface area contributed by atoms with E-state index in [9.17, 15) is 0 Å². The Kier molecular flexibility index (Phi) is 6.07. The van der Waals surface area contributed by atoms with Crippen LogP contribution < -0.4 is 5.32 Å². The van der Waals surface area contributed by atoms with Gasteiger partial charge in [-0.15, -0.1) is 6.58 Å². The predicted molar refractivity (Wildman–Crippen MR) is 69.7 cm³/mol. The van der Waals surface area contributed by atoms with Crippen LogP contribution in [0, 0.1) is 0 Å². The van der Waals surface area contributed by atoms with Gasteiger partial charge in [-0.1, -0.05) is 13.0 Å². The van der Waals surface area contributed by atoms with E-state index >= 15 is 0 Å². The molecule has 0 amide bonds. The monoisotopic (exact) mass is 225 g/mol. The van der Waals surface area contributed by atoms with Crippen molar-refractivity contribution in [2.24, 2.45) is 0 Å². The molecule has 1 N–H and O–H groups in total. The van der Waals surface area contributed by atoms with E-state index in [-0.39, 0.29) is 5.60 Å². The molecule has 0 aromatic carbocycles. The zero-order valence-electron chi connectivity index (χ0n) is 10.9. The molecular formula is C14H27NO. The van der Waals surface area contributed by atoms with Crippen molar-refractivity contribution < 1.29 is 4.74 Å². The van der Waals surface area contributed by atoms with Gasteiger partial charge in [0.1, 0.15) is 0 Å². The van der Waals surface area contributed by atoms with Crippen LogP contribution in [0.25, 0.3) is 0 Å². The van der Waals surface area contributed by atoms with Crippen molar-refractivity contribution in [3.63, 3.8) is 0 Å². The summed E-state index contributed by atoms with van der Waals surface area (Å²) in [5, 5.41) is 3.63. The normalized spacial score (nSPS) is 20.1. The van der Waals surface area contributed by atoms with E-state index in [0.29, 0.717) is 6.04 Å². The number of allylic oxidation sites excluding steroid dienone is 1. The molecule has 0 saturated heterocycles. The van der Waals surface area contributed by atoms with E-state index in [4.69, 9.17) is 4.74 Å². The lowest BCUT2D eigenvalue weighted by Crippen LogP contribution is -2.46. The minimum absolute atomic E-state index is 0.187. The molecule has 0 heterocycles. The van der Waals surface area contributed by atoms with Crippen molar-refractivity contribution in [1.29, 1.82) is 0 Å². The van der Waals surface area contributed by atoms with Crippen LogP contribution in [0.15, 0.2) is 12.7 Å². The van der Waals surface area contributed by atoms with Crippen LogP contribution in [0.2, 0.25) is 0 Å². The molecule has 0 aromatic rings. The minimum Gasteiger partial charge on any atom is -0.378 e. The first kappa shape index (κ1) is 13.7. The fourth-order valence-corrected chi connectivity index (χ4v) is 2.46. The van der Waals surface area contributed by atoms with E-state index < -0.39 is 0 Å². The highest BCUT2D eigenvalue weighted by Gasteiger charge is 2.38. The SMILES string of the molecule is C=CCCC(CC1(OC)CCC1)NCCC. The van der Waals surface area contributed by atoms with E-state index in [1.54, 1.807) is 0 Å². The molecule has 1 saturated carbocycles. The Morgan fingerprint density at radius 3 is 2.69 bits per heavy atom. The van der Waals surface area contributed by atoms with Gasteiger partial charge < -0.3 is 10.1 Å². The Morgan fingerprint density at radius 2 is 2.25 bits per heavy atom. The van der Waals surface area contributed by atoms with Gasteiger partial charge in [-0.2, -0.15) is 0 Å². The lowest BCUT2D eigenvalue weighted by atomic mass is 9.75. The maximum atomic E-state index is 5.70. The van der Waals surface area contributed by atoms with E-state index in [0.717, 1.165) is 19.4 Å². The van der Waals surface area contributed by atoms with Crippen LogP contribution in [0.5, 0.6) is 0 Å². The summed E-state index contributed by atoms with van der Waals surface area (Å²) in [6.07, 6.45) is 10.5. The maximum absolute atomic E-state index is 5.70. The van der Waals surface area contributed by atoms with Gasteiger partial charge >= 0.3 is 0 Å². The lowest BCUT2D eigenvalue weighted by molar-refractivity contribution is -0.0838. The number of nitrogens with one attached hydrogen (secondary N) is 1. The molecule has 2 heteroatoms. The Balaban J connectivity index is 2.37. The summed E-state index contributed by atoms with van der Waals surface area (Å²) >= 11 is 0. The van der Waals surface area contributed by atoms with Crippen molar-refractivity contribution in [2.45, 2.75) is 63.5 Å². The lowest BCUT2D eigenvalue weighted by Gasteiger charge is -2.43. The summed E-state index contributed by atoms with van der Waals surface area (Å²) in [6.45, 7) is 7.13. The number of methoxy groups -OCH3 is 1. The van der Waals surface area contributed by atoms with Gasteiger partial charge in [0.25, 0.3) is 0 Å². The maximum Gasteiger partial charge on any atom is 0.0693 e. The molecule has 1 aliphatic rings. The van der Waals surface area contributed by atoms with Crippen LogP contribution in [0.4, 0.5) is 0 Å². The molecule has 1 fully saturated rings. The third-order valence-electron chi connectivity index (χ3n) is 3.72. The Morgan fingerprint density at radius 1 is 1.50 bits per heavy atom. The highest BCUT2D eigenvalue weighted by atomic mass is 16.5. The summed E-state index contributed by atoms with van der Waals surface area (Å²) in [5.41, 5.74) is 0.187. The second-order valence-electron chi connectivity index (χ2n) is 4.96. The van der Waals surface area contributed by atoms with Crippen LogP contribution in [0.3, 0.4) is 0 Å². The average molecular weight is 225 g/mol. The zero-order valence-corrected chi connectivity index (χ0v) is 10.9. The summed E-state index contributed by atoms with van der Waals surface area (Å²) in [5.74, 6) is 0. The number of hydrogen-bond donors (Lipinski definition) is 1. The Hall–Kier alpha value is -0.340. The number of ether oxygens (including phenoxy) is 1. The van der Waals surface area contributed by atoms with Gasteiger partial charge in [0.2, 0.25) is 0 Å². The number of hydrogen-bond acceptors (Lipinski definition) is 2. The second kappa shape index (κ2) is 7.08. The first-order valence-electron chi connectivity index (χ1n) is 6.66. The summed E-state index contributed by atoms with van der Waals surface area (Å²) in [4.78, 5) is 0. The molecule has 0 bridgehead atoms. The molecule has 1 rings (SSSR count). The molecule has 0 aliphatic heterocycles. The molecule has 0 spiro atoms. The first-order valence-corrected chi connectivity index (χ1v) is 6.66. The Bertz CT molecular complexity index is 193. The third-order valence-corrected chi connectivity index (χ3v) is 3.72. The Labute approximate surface area is 100 Å². The minimum atomic E-state index is 0.187. The molecule has 1 atom stereocenters. The molecule has 1 unspecified atom stereocenters. The molecule has 2 nitrogen and oxygen atoms in total. The molecule has 94 valence electrons. The summed E-state index contributed by atoms with van der Waals surface area (Å²) < 4.78 is 5.70. The van der Waals surface area contributed by atoms with Gasteiger partial charge in [-0.05, 0) is 51.5 Å². The quantitative estimate of drug-likeness (QED) is 0.608. The fraction of sp³-hybridized carbons (Fsp3) is 0.857. The van der Waals surface area contributed by atoms with Crippen LogP contribution >= 0.6 is 0 Å². The largest absolute Gasteiger partial charge is 0.378 e. The van der Waals surface area contributed by atoms with Crippen LogP contribution in [-0.4, -0.2) is 25.3 Å². The topological polar surface area (TPSA) is 21.3 Å². The number of rotatable bonds is 9. The highest BCUT2D eigenvalue weighted by Crippen LogP contribution is 2.39. The molecule has 16 heavy (non-hydrogen) atoms. The summed E-state index contributed by atoms with van der Waals surface area (Å²) in [6, 6.07) is 0.596. The van der Waals surface area contributed by atoms with Gasteiger partial charge in [-0.25, -0.2) is 0 Å². The van der Waals surface area contributed by atoms with Crippen molar-refractivity contribution >= 4 is 0 Å².